The van der Waals surface area contributed by atoms with Crippen LogP contribution < -0.4 is 11.1 Å². The van der Waals surface area contributed by atoms with Crippen molar-refractivity contribution in [2.75, 3.05) is 13.1 Å². The molecule has 3 amide bonds. The minimum absolute atomic E-state index is 0.128. The fourth-order valence-corrected chi connectivity index (χ4v) is 3.03. The summed E-state index contributed by atoms with van der Waals surface area (Å²) in [7, 11) is 0. The van der Waals surface area contributed by atoms with Crippen LogP contribution in [0.3, 0.4) is 0 Å². The lowest BCUT2D eigenvalue weighted by Gasteiger charge is -2.13. The molecule has 1 aromatic carbocycles. The van der Waals surface area contributed by atoms with E-state index in [0.29, 0.717) is 30.8 Å². The zero-order chi connectivity index (χ0) is 18.7. The first-order valence-corrected chi connectivity index (χ1v) is 8.75. The normalized spacial score (nSPS) is 17.0. The summed E-state index contributed by atoms with van der Waals surface area (Å²) in [5, 5.41) is 6.84. The van der Waals surface area contributed by atoms with Crippen LogP contribution in [0.25, 0.3) is 11.8 Å². The molecule has 1 saturated heterocycles. The SMILES string of the molecule is NC(=O)N1CCC(NC(=O)/C=C/c2ccc(-n3cc(Br)cn3)c(F)c2)C1. The van der Waals surface area contributed by atoms with Crippen LogP contribution in [0.4, 0.5) is 9.18 Å². The molecule has 136 valence electrons. The lowest BCUT2D eigenvalue weighted by Crippen LogP contribution is -2.39. The highest BCUT2D eigenvalue weighted by molar-refractivity contribution is 9.10. The maximum absolute atomic E-state index is 14.3. The molecule has 0 bridgehead atoms. The number of nitrogens with two attached hydrogens (primary N) is 1. The van der Waals surface area contributed by atoms with Gasteiger partial charge >= 0.3 is 6.03 Å². The molecule has 1 atom stereocenters. The summed E-state index contributed by atoms with van der Waals surface area (Å²) in [6, 6.07) is 4.00. The highest BCUT2D eigenvalue weighted by atomic mass is 79.9. The topological polar surface area (TPSA) is 93.3 Å². The van der Waals surface area contributed by atoms with E-state index in [1.54, 1.807) is 24.5 Å². The number of hydrogen-bond acceptors (Lipinski definition) is 3. The minimum atomic E-state index is -0.489. The standard InChI is InChI=1S/C17H17BrFN5O2/c18-12-8-21-24(9-12)15-3-1-11(7-14(15)19)2-4-16(25)22-13-5-6-23(10-13)17(20)26/h1-4,7-9,13H,5-6,10H2,(H2,20,26)(H,22,25)/b4-2+. The zero-order valence-corrected chi connectivity index (χ0v) is 15.3. The van der Waals surface area contributed by atoms with Crippen molar-refractivity contribution in [1.29, 1.82) is 0 Å². The van der Waals surface area contributed by atoms with Gasteiger partial charge in [0.05, 0.1) is 10.7 Å². The summed E-state index contributed by atoms with van der Waals surface area (Å²) in [6.07, 6.45) is 6.75. The van der Waals surface area contributed by atoms with Gasteiger partial charge in [-0.3, -0.25) is 4.79 Å². The van der Waals surface area contributed by atoms with Gasteiger partial charge in [0, 0.05) is 31.4 Å². The van der Waals surface area contributed by atoms with Crippen molar-refractivity contribution in [3.63, 3.8) is 0 Å². The summed E-state index contributed by atoms with van der Waals surface area (Å²) in [6.45, 7) is 0.928. The van der Waals surface area contributed by atoms with Gasteiger partial charge < -0.3 is 16.0 Å². The molecule has 26 heavy (non-hydrogen) atoms. The number of hydrogen-bond donors (Lipinski definition) is 2. The van der Waals surface area contributed by atoms with E-state index >= 15 is 0 Å². The third-order valence-corrected chi connectivity index (χ3v) is 4.45. The summed E-state index contributed by atoms with van der Waals surface area (Å²) < 4.78 is 16.4. The van der Waals surface area contributed by atoms with Crippen molar-refractivity contribution in [1.82, 2.24) is 20.0 Å². The van der Waals surface area contributed by atoms with Crippen LogP contribution in [0.15, 0.2) is 41.1 Å². The predicted molar refractivity (Wildman–Crippen MR) is 98.0 cm³/mol. The number of nitrogens with one attached hydrogen (secondary N) is 1. The zero-order valence-electron chi connectivity index (χ0n) is 13.7. The molecule has 1 aliphatic rings. The molecule has 7 nitrogen and oxygen atoms in total. The van der Waals surface area contributed by atoms with E-state index in [2.05, 4.69) is 26.3 Å². The first-order chi connectivity index (χ1) is 12.4. The molecule has 1 aromatic heterocycles. The maximum atomic E-state index is 14.3. The summed E-state index contributed by atoms with van der Waals surface area (Å²) >= 11 is 3.27. The Kier molecular flexibility index (Phi) is 5.36. The van der Waals surface area contributed by atoms with Crippen LogP contribution in [0, 0.1) is 5.82 Å². The third-order valence-electron chi connectivity index (χ3n) is 4.04. The second kappa shape index (κ2) is 7.69. The molecule has 3 rings (SSSR count). The van der Waals surface area contributed by atoms with Crippen molar-refractivity contribution >= 4 is 33.9 Å². The molecule has 0 radical (unpaired) electrons. The molecular weight excluding hydrogens is 405 g/mol. The summed E-state index contributed by atoms with van der Waals surface area (Å²) in [5.74, 6) is -0.752. The smallest absolute Gasteiger partial charge is 0.314 e. The number of aromatic nitrogens is 2. The summed E-state index contributed by atoms with van der Waals surface area (Å²) in [4.78, 5) is 24.5. The Bertz CT molecular complexity index is 867. The number of nitrogens with zero attached hydrogens (tertiary/aromatic N) is 3. The molecule has 1 fully saturated rings. The Labute approximate surface area is 157 Å². The molecule has 3 N–H and O–H groups in total. The number of likely N-dealkylation sites (tertiary alicyclic amines) is 1. The fourth-order valence-electron chi connectivity index (χ4n) is 2.74. The maximum Gasteiger partial charge on any atom is 0.314 e. The van der Waals surface area contributed by atoms with Gasteiger partial charge in [0.15, 0.2) is 0 Å². The van der Waals surface area contributed by atoms with E-state index < -0.39 is 11.8 Å². The Morgan fingerprint density at radius 3 is 2.85 bits per heavy atom. The van der Waals surface area contributed by atoms with Gasteiger partial charge in [-0.2, -0.15) is 5.10 Å². The number of halogens is 2. The Hall–Kier alpha value is -2.68. The average molecular weight is 422 g/mol. The van der Waals surface area contributed by atoms with E-state index in [0.717, 1.165) is 4.47 Å². The first-order valence-electron chi connectivity index (χ1n) is 7.95. The highest BCUT2D eigenvalue weighted by Crippen LogP contribution is 2.18. The Morgan fingerprint density at radius 2 is 2.23 bits per heavy atom. The highest BCUT2D eigenvalue weighted by Gasteiger charge is 2.25. The minimum Gasteiger partial charge on any atom is -0.351 e. The molecule has 2 heterocycles. The van der Waals surface area contributed by atoms with Crippen molar-refractivity contribution in [3.8, 4) is 5.69 Å². The quantitative estimate of drug-likeness (QED) is 0.739. The van der Waals surface area contributed by atoms with Crippen LogP contribution in [-0.4, -0.2) is 45.8 Å². The van der Waals surface area contributed by atoms with Gasteiger partial charge in [-0.05, 0) is 46.1 Å². The molecule has 1 unspecified atom stereocenters. The average Bonchev–Trinajstić information content (AvgIpc) is 3.22. The monoisotopic (exact) mass is 421 g/mol. The fraction of sp³-hybridized carbons (Fsp3) is 0.235. The second-order valence-corrected chi connectivity index (χ2v) is 6.84. The summed E-state index contributed by atoms with van der Waals surface area (Å²) in [5.41, 5.74) is 6.08. The van der Waals surface area contributed by atoms with Gasteiger partial charge in [-0.25, -0.2) is 13.9 Å². The van der Waals surface area contributed by atoms with Crippen LogP contribution in [0.1, 0.15) is 12.0 Å². The molecular formula is C17H17BrFN5O2. The number of carbonyl (C=O) groups excluding carboxylic acids is 2. The molecule has 0 saturated carbocycles. The number of urea groups is 1. The van der Waals surface area contributed by atoms with Crippen molar-refractivity contribution in [2.24, 2.45) is 5.73 Å². The molecule has 1 aliphatic heterocycles. The lowest BCUT2D eigenvalue weighted by molar-refractivity contribution is -0.117. The number of primary amides is 1. The lowest BCUT2D eigenvalue weighted by atomic mass is 10.1. The number of amides is 3. The number of benzene rings is 1. The Balaban J connectivity index is 1.61. The van der Waals surface area contributed by atoms with E-state index in [1.165, 1.54) is 27.8 Å². The van der Waals surface area contributed by atoms with Gasteiger partial charge in [0.2, 0.25) is 5.91 Å². The largest absolute Gasteiger partial charge is 0.351 e. The van der Waals surface area contributed by atoms with Crippen LogP contribution >= 0.6 is 15.9 Å². The van der Waals surface area contributed by atoms with Crippen LogP contribution in [-0.2, 0) is 4.79 Å². The van der Waals surface area contributed by atoms with E-state index in [1.807, 2.05) is 0 Å². The van der Waals surface area contributed by atoms with E-state index in [-0.39, 0.29) is 11.9 Å². The molecule has 9 heteroatoms. The molecule has 2 aromatic rings. The second-order valence-electron chi connectivity index (χ2n) is 5.93. The number of rotatable bonds is 4. The third kappa shape index (κ3) is 4.29. The van der Waals surface area contributed by atoms with Crippen molar-refractivity contribution in [2.45, 2.75) is 12.5 Å². The first kappa shape index (κ1) is 18.1. The van der Waals surface area contributed by atoms with Gasteiger partial charge in [0.1, 0.15) is 11.5 Å². The van der Waals surface area contributed by atoms with Crippen LogP contribution in [0.5, 0.6) is 0 Å². The van der Waals surface area contributed by atoms with Crippen molar-refractivity contribution in [3.05, 3.63) is 52.5 Å². The van der Waals surface area contributed by atoms with E-state index in [9.17, 15) is 14.0 Å². The van der Waals surface area contributed by atoms with Crippen LogP contribution in [0.2, 0.25) is 0 Å². The van der Waals surface area contributed by atoms with Gasteiger partial charge in [-0.15, -0.1) is 0 Å². The predicted octanol–water partition coefficient (Wildman–Crippen LogP) is 2.06. The van der Waals surface area contributed by atoms with Gasteiger partial charge in [0.25, 0.3) is 0 Å². The van der Waals surface area contributed by atoms with Gasteiger partial charge in [-0.1, -0.05) is 6.07 Å². The van der Waals surface area contributed by atoms with Crippen molar-refractivity contribution < 1.29 is 14.0 Å². The molecule has 0 aliphatic carbocycles. The molecule has 0 spiro atoms. The number of carbonyl (C=O) groups is 2. The van der Waals surface area contributed by atoms with E-state index in [4.69, 9.17) is 5.73 Å². The Morgan fingerprint density at radius 1 is 1.42 bits per heavy atom.